The molecule has 4 nitrogen and oxygen atoms in total. The SMILES string of the molecule is CCCCN(CC)c1ncc(CNC(C)(C)C)cn1. The van der Waals surface area contributed by atoms with Crippen LogP contribution in [0.1, 0.15) is 53.0 Å². The maximum atomic E-state index is 4.48. The lowest BCUT2D eigenvalue weighted by Gasteiger charge is -2.22. The van der Waals surface area contributed by atoms with Crippen molar-refractivity contribution in [3.8, 4) is 0 Å². The van der Waals surface area contributed by atoms with E-state index < -0.39 is 0 Å². The maximum Gasteiger partial charge on any atom is 0.225 e. The Morgan fingerprint density at radius 3 is 2.26 bits per heavy atom. The molecule has 0 spiro atoms. The van der Waals surface area contributed by atoms with Gasteiger partial charge in [0, 0.05) is 43.1 Å². The zero-order chi connectivity index (χ0) is 14.3. The maximum absolute atomic E-state index is 4.48. The molecule has 0 radical (unpaired) electrons. The molecular weight excluding hydrogens is 236 g/mol. The van der Waals surface area contributed by atoms with Crippen molar-refractivity contribution in [2.24, 2.45) is 0 Å². The zero-order valence-corrected chi connectivity index (χ0v) is 13.0. The highest BCUT2D eigenvalue weighted by molar-refractivity contribution is 5.29. The van der Waals surface area contributed by atoms with Gasteiger partial charge in [-0.2, -0.15) is 0 Å². The van der Waals surface area contributed by atoms with E-state index in [0.29, 0.717) is 0 Å². The number of rotatable bonds is 7. The molecule has 0 unspecified atom stereocenters. The summed E-state index contributed by atoms with van der Waals surface area (Å²) in [5.41, 5.74) is 1.25. The Morgan fingerprint density at radius 2 is 1.79 bits per heavy atom. The van der Waals surface area contributed by atoms with Crippen LogP contribution in [0.4, 0.5) is 5.95 Å². The summed E-state index contributed by atoms with van der Waals surface area (Å²) in [6.07, 6.45) is 6.24. The highest BCUT2D eigenvalue weighted by Crippen LogP contribution is 2.09. The van der Waals surface area contributed by atoms with Gasteiger partial charge in [0.15, 0.2) is 0 Å². The van der Waals surface area contributed by atoms with Crippen molar-refractivity contribution in [2.75, 3.05) is 18.0 Å². The van der Waals surface area contributed by atoms with Crippen molar-refractivity contribution in [1.82, 2.24) is 15.3 Å². The highest BCUT2D eigenvalue weighted by Gasteiger charge is 2.10. The number of nitrogens with one attached hydrogen (secondary N) is 1. The third-order valence-corrected chi connectivity index (χ3v) is 2.96. The Balaban J connectivity index is 2.59. The molecular formula is C15H28N4. The van der Waals surface area contributed by atoms with E-state index in [4.69, 9.17) is 0 Å². The fourth-order valence-corrected chi connectivity index (χ4v) is 1.72. The van der Waals surface area contributed by atoms with Crippen LogP contribution in [0.5, 0.6) is 0 Å². The first-order valence-electron chi connectivity index (χ1n) is 7.27. The second kappa shape index (κ2) is 7.43. The van der Waals surface area contributed by atoms with Crippen LogP contribution < -0.4 is 10.2 Å². The molecule has 0 amide bonds. The van der Waals surface area contributed by atoms with Gasteiger partial charge in [-0.25, -0.2) is 9.97 Å². The fourth-order valence-electron chi connectivity index (χ4n) is 1.72. The number of hydrogen-bond acceptors (Lipinski definition) is 4. The Labute approximate surface area is 117 Å². The van der Waals surface area contributed by atoms with Crippen molar-refractivity contribution < 1.29 is 0 Å². The predicted molar refractivity (Wildman–Crippen MR) is 81.4 cm³/mol. The van der Waals surface area contributed by atoms with Crippen molar-refractivity contribution in [1.29, 1.82) is 0 Å². The molecule has 0 aliphatic carbocycles. The first-order valence-corrected chi connectivity index (χ1v) is 7.27. The quantitative estimate of drug-likeness (QED) is 0.822. The van der Waals surface area contributed by atoms with E-state index in [0.717, 1.165) is 31.1 Å². The van der Waals surface area contributed by atoms with Gasteiger partial charge in [-0.05, 0) is 34.1 Å². The van der Waals surface area contributed by atoms with Crippen LogP contribution in [0, 0.1) is 0 Å². The first-order chi connectivity index (χ1) is 8.96. The average Bonchev–Trinajstić information content (AvgIpc) is 2.38. The average molecular weight is 264 g/mol. The smallest absolute Gasteiger partial charge is 0.225 e. The van der Waals surface area contributed by atoms with Crippen molar-refractivity contribution in [3.05, 3.63) is 18.0 Å². The molecule has 0 aliphatic rings. The standard InChI is InChI=1S/C15H28N4/c1-6-8-9-19(7-2)14-16-10-13(11-17-14)12-18-15(3,4)5/h10-11,18H,6-9,12H2,1-5H3. The van der Waals surface area contributed by atoms with Crippen LogP contribution >= 0.6 is 0 Å². The number of anilines is 1. The number of aromatic nitrogens is 2. The first kappa shape index (κ1) is 15.9. The highest BCUT2D eigenvalue weighted by atomic mass is 15.2. The van der Waals surface area contributed by atoms with Gasteiger partial charge < -0.3 is 10.2 Å². The van der Waals surface area contributed by atoms with Gasteiger partial charge in [-0.3, -0.25) is 0 Å². The molecule has 4 heteroatoms. The normalized spacial score (nSPS) is 11.6. The van der Waals surface area contributed by atoms with E-state index in [2.05, 4.69) is 54.8 Å². The molecule has 0 aromatic carbocycles. The molecule has 0 atom stereocenters. The molecule has 0 fully saturated rings. The van der Waals surface area contributed by atoms with Crippen LogP contribution in [-0.4, -0.2) is 28.6 Å². The van der Waals surface area contributed by atoms with Gasteiger partial charge in [-0.1, -0.05) is 13.3 Å². The van der Waals surface area contributed by atoms with Crippen molar-refractivity contribution in [2.45, 2.75) is 59.5 Å². The second-order valence-electron chi connectivity index (χ2n) is 5.93. The van der Waals surface area contributed by atoms with E-state index in [1.54, 1.807) is 0 Å². The molecule has 0 bridgehead atoms. The summed E-state index contributed by atoms with van der Waals surface area (Å²) in [7, 11) is 0. The van der Waals surface area contributed by atoms with Crippen molar-refractivity contribution in [3.63, 3.8) is 0 Å². The Bertz CT molecular complexity index is 353. The lowest BCUT2D eigenvalue weighted by molar-refractivity contribution is 0.423. The monoisotopic (exact) mass is 264 g/mol. The topological polar surface area (TPSA) is 41.1 Å². The predicted octanol–water partition coefficient (Wildman–Crippen LogP) is 2.99. The number of hydrogen-bond donors (Lipinski definition) is 1. The molecule has 1 N–H and O–H groups in total. The summed E-state index contributed by atoms with van der Waals surface area (Å²) < 4.78 is 0. The fraction of sp³-hybridized carbons (Fsp3) is 0.733. The van der Waals surface area contributed by atoms with E-state index in [9.17, 15) is 0 Å². The molecule has 108 valence electrons. The third-order valence-electron chi connectivity index (χ3n) is 2.96. The van der Waals surface area contributed by atoms with Crippen LogP contribution in [0.25, 0.3) is 0 Å². The summed E-state index contributed by atoms with van der Waals surface area (Å²) in [6, 6.07) is 0. The summed E-state index contributed by atoms with van der Waals surface area (Å²) in [4.78, 5) is 11.2. The molecule has 0 saturated heterocycles. The Hall–Kier alpha value is -1.16. The largest absolute Gasteiger partial charge is 0.341 e. The van der Waals surface area contributed by atoms with E-state index in [-0.39, 0.29) is 5.54 Å². The summed E-state index contributed by atoms with van der Waals surface area (Å²) in [6.45, 7) is 13.6. The van der Waals surface area contributed by atoms with Crippen molar-refractivity contribution >= 4 is 5.95 Å². The lowest BCUT2D eigenvalue weighted by Crippen LogP contribution is -2.35. The van der Waals surface area contributed by atoms with Gasteiger partial charge in [0.1, 0.15) is 0 Å². The van der Waals surface area contributed by atoms with E-state index in [1.165, 1.54) is 12.8 Å². The van der Waals surface area contributed by atoms with E-state index >= 15 is 0 Å². The lowest BCUT2D eigenvalue weighted by atomic mass is 10.1. The van der Waals surface area contributed by atoms with Gasteiger partial charge in [-0.15, -0.1) is 0 Å². The second-order valence-corrected chi connectivity index (χ2v) is 5.93. The Morgan fingerprint density at radius 1 is 1.16 bits per heavy atom. The van der Waals surface area contributed by atoms with Gasteiger partial charge in [0.25, 0.3) is 0 Å². The summed E-state index contributed by atoms with van der Waals surface area (Å²) in [5, 5.41) is 3.44. The number of nitrogens with zero attached hydrogens (tertiary/aromatic N) is 3. The minimum absolute atomic E-state index is 0.120. The molecule has 1 heterocycles. The molecule has 19 heavy (non-hydrogen) atoms. The minimum atomic E-state index is 0.120. The molecule has 1 rings (SSSR count). The van der Waals surface area contributed by atoms with Gasteiger partial charge in [0.2, 0.25) is 5.95 Å². The van der Waals surface area contributed by atoms with Crippen LogP contribution in [0.3, 0.4) is 0 Å². The zero-order valence-electron chi connectivity index (χ0n) is 13.0. The minimum Gasteiger partial charge on any atom is -0.341 e. The molecule has 0 saturated carbocycles. The Kier molecular flexibility index (Phi) is 6.22. The number of unbranched alkanes of at least 4 members (excludes halogenated alkanes) is 1. The van der Waals surface area contributed by atoms with Gasteiger partial charge in [0.05, 0.1) is 0 Å². The third kappa shape index (κ3) is 6.01. The van der Waals surface area contributed by atoms with Crippen LogP contribution in [0.2, 0.25) is 0 Å². The summed E-state index contributed by atoms with van der Waals surface area (Å²) in [5.74, 6) is 0.843. The van der Waals surface area contributed by atoms with E-state index in [1.807, 2.05) is 12.4 Å². The van der Waals surface area contributed by atoms with Crippen LogP contribution in [0.15, 0.2) is 12.4 Å². The van der Waals surface area contributed by atoms with Gasteiger partial charge >= 0.3 is 0 Å². The molecule has 0 aliphatic heterocycles. The van der Waals surface area contributed by atoms with Crippen LogP contribution in [-0.2, 0) is 6.54 Å². The molecule has 1 aromatic rings. The molecule has 1 aromatic heterocycles. The summed E-state index contributed by atoms with van der Waals surface area (Å²) >= 11 is 0.